The standard InChI is InChI=1S/C17H21N3O2/c1-12-5-3-4-6-14(19-18-12)13-7-8-16-15(11-13)20(2)17(21)9-10-22-16/h7-8,11H,3-6,9-10H2,1-2H3/b18-12-,19-14+. The van der Waals surface area contributed by atoms with E-state index < -0.39 is 0 Å². The molecular formula is C17H21N3O2. The van der Waals surface area contributed by atoms with Crippen molar-refractivity contribution in [2.45, 2.75) is 39.0 Å². The van der Waals surface area contributed by atoms with Crippen molar-refractivity contribution in [3.8, 4) is 5.75 Å². The third-order valence-corrected chi connectivity index (χ3v) is 4.14. The molecule has 5 nitrogen and oxygen atoms in total. The summed E-state index contributed by atoms with van der Waals surface area (Å²) in [5.41, 5.74) is 3.88. The molecule has 0 fully saturated rings. The van der Waals surface area contributed by atoms with Gasteiger partial charge in [0.15, 0.2) is 0 Å². The maximum atomic E-state index is 12.0. The Bertz CT molecular complexity index is 649. The smallest absolute Gasteiger partial charge is 0.230 e. The van der Waals surface area contributed by atoms with Gasteiger partial charge in [-0.1, -0.05) is 0 Å². The van der Waals surface area contributed by atoms with Crippen LogP contribution >= 0.6 is 0 Å². The molecule has 0 saturated heterocycles. The Morgan fingerprint density at radius 3 is 2.82 bits per heavy atom. The number of carbonyl (C=O) groups excluding carboxylic acids is 1. The quantitative estimate of drug-likeness (QED) is 0.799. The highest BCUT2D eigenvalue weighted by Gasteiger charge is 2.21. The molecule has 5 heteroatoms. The van der Waals surface area contributed by atoms with E-state index in [1.807, 2.05) is 25.1 Å². The van der Waals surface area contributed by atoms with Gasteiger partial charge in [0, 0.05) is 18.3 Å². The molecule has 0 N–H and O–H groups in total. The summed E-state index contributed by atoms with van der Waals surface area (Å²) in [6.07, 6.45) is 4.58. The zero-order valence-electron chi connectivity index (χ0n) is 13.1. The van der Waals surface area contributed by atoms with E-state index in [2.05, 4.69) is 10.2 Å². The van der Waals surface area contributed by atoms with E-state index >= 15 is 0 Å². The number of hydrogen-bond acceptors (Lipinski definition) is 4. The van der Waals surface area contributed by atoms with Crippen LogP contribution in [0.3, 0.4) is 0 Å². The first-order valence-corrected chi connectivity index (χ1v) is 7.79. The zero-order chi connectivity index (χ0) is 15.5. The predicted molar refractivity (Wildman–Crippen MR) is 88.1 cm³/mol. The van der Waals surface area contributed by atoms with E-state index in [9.17, 15) is 4.79 Å². The number of carbonyl (C=O) groups is 1. The third kappa shape index (κ3) is 3.03. The maximum absolute atomic E-state index is 12.0. The van der Waals surface area contributed by atoms with Gasteiger partial charge in [-0.25, -0.2) is 0 Å². The minimum atomic E-state index is 0.0735. The number of fused-ring (bicyclic) bond motifs is 1. The first-order chi connectivity index (χ1) is 10.6. The minimum Gasteiger partial charge on any atom is -0.491 e. The summed E-state index contributed by atoms with van der Waals surface area (Å²) in [7, 11) is 1.79. The van der Waals surface area contributed by atoms with Crippen LogP contribution in [-0.4, -0.2) is 31.0 Å². The number of nitrogens with zero attached hydrogens (tertiary/aromatic N) is 3. The molecule has 0 aliphatic carbocycles. The SMILES string of the molecule is C/C1=N/N=C(/c2ccc3c(c2)N(C)C(=O)CCO3)CCCC1. The Morgan fingerprint density at radius 2 is 1.95 bits per heavy atom. The average Bonchev–Trinajstić information content (AvgIpc) is 2.64. The number of rotatable bonds is 1. The van der Waals surface area contributed by atoms with Gasteiger partial charge in [0.05, 0.1) is 24.4 Å². The molecule has 0 atom stereocenters. The molecule has 1 aromatic carbocycles. The Kier molecular flexibility index (Phi) is 4.22. The van der Waals surface area contributed by atoms with Crippen molar-refractivity contribution in [2.75, 3.05) is 18.6 Å². The fourth-order valence-corrected chi connectivity index (χ4v) is 2.75. The Hall–Kier alpha value is -2.17. The van der Waals surface area contributed by atoms with Crippen molar-refractivity contribution in [3.05, 3.63) is 23.8 Å². The summed E-state index contributed by atoms with van der Waals surface area (Å²) in [6.45, 7) is 2.45. The molecule has 0 spiro atoms. The Morgan fingerprint density at radius 1 is 1.14 bits per heavy atom. The van der Waals surface area contributed by atoms with Gasteiger partial charge in [-0.15, -0.1) is 0 Å². The molecule has 22 heavy (non-hydrogen) atoms. The van der Waals surface area contributed by atoms with Crippen molar-refractivity contribution in [3.63, 3.8) is 0 Å². The van der Waals surface area contributed by atoms with Crippen LogP contribution in [0.15, 0.2) is 28.4 Å². The lowest BCUT2D eigenvalue weighted by Gasteiger charge is -2.18. The number of amides is 1. The van der Waals surface area contributed by atoms with Crippen LogP contribution < -0.4 is 9.64 Å². The van der Waals surface area contributed by atoms with E-state index in [1.54, 1.807) is 11.9 Å². The van der Waals surface area contributed by atoms with Crippen LogP contribution in [0, 0.1) is 0 Å². The number of benzene rings is 1. The number of ether oxygens (including phenoxy) is 1. The number of anilines is 1. The van der Waals surface area contributed by atoms with Gasteiger partial charge in [-0.2, -0.15) is 10.2 Å². The second kappa shape index (κ2) is 6.30. The zero-order valence-corrected chi connectivity index (χ0v) is 13.1. The highest BCUT2D eigenvalue weighted by Crippen LogP contribution is 2.32. The summed E-state index contributed by atoms with van der Waals surface area (Å²) in [5, 5.41) is 8.71. The van der Waals surface area contributed by atoms with Crippen molar-refractivity contribution >= 4 is 23.0 Å². The molecule has 116 valence electrons. The average molecular weight is 299 g/mol. The summed E-state index contributed by atoms with van der Waals surface area (Å²) in [4.78, 5) is 13.7. The molecule has 2 aliphatic rings. The molecule has 1 aromatic rings. The Labute approximate surface area is 130 Å². The van der Waals surface area contributed by atoms with Gasteiger partial charge in [0.25, 0.3) is 0 Å². The van der Waals surface area contributed by atoms with Gasteiger partial charge in [-0.3, -0.25) is 4.79 Å². The summed E-state index contributed by atoms with van der Waals surface area (Å²) < 4.78 is 5.66. The first kappa shape index (κ1) is 14.8. The van der Waals surface area contributed by atoms with Gasteiger partial charge in [-0.05, 0) is 50.8 Å². The van der Waals surface area contributed by atoms with Gasteiger partial charge in [0.2, 0.25) is 5.91 Å². The Balaban J connectivity index is 1.98. The molecule has 0 aromatic heterocycles. The molecule has 1 amide bonds. The van der Waals surface area contributed by atoms with E-state index in [4.69, 9.17) is 4.74 Å². The molecular weight excluding hydrogens is 278 g/mol. The van der Waals surface area contributed by atoms with Crippen LogP contribution in [0.2, 0.25) is 0 Å². The molecule has 0 unspecified atom stereocenters. The predicted octanol–water partition coefficient (Wildman–Crippen LogP) is 3.17. The van der Waals surface area contributed by atoms with E-state index in [0.717, 1.165) is 54.1 Å². The van der Waals surface area contributed by atoms with E-state index in [-0.39, 0.29) is 5.91 Å². The van der Waals surface area contributed by atoms with Crippen molar-refractivity contribution < 1.29 is 9.53 Å². The van der Waals surface area contributed by atoms with Crippen LogP contribution in [0.25, 0.3) is 0 Å². The monoisotopic (exact) mass is 299 g/mol. The molecule has 0 saturated carbocycles. The van der Waals surface area contributed by atoms with Gasteiger partial charge >= 0.3 is 0 Å². The lowest BCUT2D eigenvalue weighted by molar-refractivity contribution is -0.118. The van der Waals surface area contributed by atoms with E-state index in [1.165, 1.54) is 0 Å². The van der Waals surface area contributed by atoms with Crippen molar-refractivity contribution in [1.82, 2.24) is 0 Å². The van der Waals surface area contributed by atoms with Gasteiger partial charge in [0.1, 0.15) is 5.75 Å². The second-order valence-corrected chi connectivity index (χ2v) is 5.82. The summed E-state index contributed by atoms with van der Waals surface area (Å²) in [5.74, 6) is 0.826. The highest BCUT2D eigenvalue weighted by molar-refractivity contribution is 6.03. The fraction of sp³-hybridized carbons (Fsp3) is 0.471. The van der Waals surface area contributed by atoms with Crippen LogP contribution in [0.1, 0.15) is 44.6 Å². The minimum absolute atomic E-state index is 0.0735. The van der Waals surface area contributed by atoms with Crippen LogP contribution in [0.4, 0.5) is 5.69 Å². The van der Waals surface area contributed by atoms with Gasteiger partial charge < -0.3 is 9.64 Å². The summed E-state index contributed by atoms with van der Waals surface area (Å²) >= 11 is 0. The van der Waals surface area contributed by atoms with Crippen molar-refractivity contribution in [2.24, 2.45) is 10.2 Å². The normalized spacial score (nSPS) is 23.9. The van der Waals surface area contributed by atoms with Crippen molar-refractivity contribution in [1.29, 1.82) is 0 Å². The highest BCUT2D eigenvalue weighted by atomic mass is 16.5. The third-order valence-electron chi connectivity index (χ3n) is 4.14. The molecule has 2 heterocycles. The molecule has 2 aliphatic heterocycles. The topological polar surface area (TPSA) is 54.3 Å². The van der Waals surface area contributed by atoms with Crippen LogP contribution in [0.5, 0.6) is 5.75 Å². The summed E-state index contributed by atoms with van der Waals surface area (Å²) in [6, 6.07) is 5.93. The lowest BCUT2D eigenvalue weighted by Crippen LogP contribution is -2.25. The van der Waals surface area contributed by atoms with E-state index in [0.29, 0.717) is 13.0 Å². The maximum Gasteiger partial charge on any atom is 0.230 e. The second-order valence-electron chi connectivity index (χ2n) is 5.82. The largest absolute Gasteiger partial charge is 0.491 e. The van der Waals surface area contributed by atoms with Crippen LogP contribution in [-0.2, 0) is 4.79 Å². The lowest BCUT2D eigenvalue weighted by atomic mass is 10.0. The molecule has 0 radical (unpaired) electrons. The number of hydrogen-bond donors (Lipinski definition) is 0. The fourth-order valence-electron chi connectivity index (χ4n) is 2.75. The molecule has 0 bridgehead atoms. The molecule has 3 rings (SSSR count). The first-order valence-electron chi connectivity index (χ1n) is 7.79.